The molecule has 30 heavy (non-hydrogen) atoms. The van der Waals surface area contributed by atoms with E-state index < -0.39 is 23.2 Å². The van der Waals surface area contributed by atoms with Gasteiger partial charge in [0.25, 0.3) is 0 Å². The standard InChI is InChI=1S/C24H8O6/c25-21-13-6-4-10-9-2-1-3-12-17(9)15(8-16-20(12)24(28)30-23(16)27)11-5-7-14(22(26)29-21)19(13)18(10)11/h1-8H. The molecule has 0 bridgehead atoms. The van der Waals surface area contributed by atoms with Crippen LogP contribution in [0.5, 0.6) is 0 Å². The van der Waals surface area contributed by atoms with E-state index in [4.69, 9.17) is 9.15 Å². The third-order valence-electron chi connectivity index (χ3n) is 6.14. The SMILES string of the molecule is O=C1OC(=O)c2ccc3c4cc5c(=O)oc(=O)c5c5cccc(c6ccc1c2c63)c45. The molecule has 0 N–H and O–H groups in total. The molecule has 6 heteroatoms. The van der Waals surface area contributed by atoms with Gasteiger partial charge in [-0.05, 0) is 55.9 Å². The fraction of sp³-hybridized carbons (Fsp3) is 0. The number of hydrogen-bond acceptors (Lipinski definition) is 6. The number of rotatable bonds is 0. The van der Waals surface area contributed by atoms with Crippen molar-refractivity contribution in [2.45, 2.75) is 0 Å². The lowest BCUT2D eigenvalue weighted by Gasteiger charge is -2.20. The highest BCUT2D eigenvalue weighted by Gasteiger charge is 2.29. The molecule has 0 aliphatic carbocycles. The Morgan fingerprint density at radius 1 is 0.500 bits per heavy atom. The van der Waals surface area contributed by atoms with Crippen LogP contribution in [0.4, 0.5) is 0 Å². The van der Waals surface area contributed by atoms with Crippen molar-refractivity contribution in [3.05, 3.63) is 80.5 Å². The van der Waals surface area contributed by atoms with Crippen molar-refractivity contribution in [2.24, 2.45) is 0 Å². The molecule has 5 aromatic carbocycles. The first-order valence-corrected chi connectivity index (χ1v) is 9.28. The van der Waals surface area contributed by atoms with E-state index in [1.165, 1.54) is 0 Å². The predicted molar refractivity (Wildman–Crippen MR) is 111 cm³/mol. The van der Waals surface area contributed by atoms with E-state index in [0.717, 1.165) is 32.3 Å². The van der Waals surface area contributed by atoms with E-state index in [2.05, 4.69) is 0 Å². The van der Waals surface area contributed by atoms with Gasteiger partial charge in [0.15, 0.2) is 0 Å². The normalized spacial score (nSPS) is 14.0. The summed E-state index contributed by atoms with van der Waals surface area (Å²) in [5, 5.41) is 6.53. The van der Waals surface area contributed by atoms with Crippen LogP contribution in [0.25, 0.3) is 53.9 Å². The predicted octanol–water partition coefficient (Wildman–Crippen LogP) is 3.95. The van der Waals surface area contributed by atoms with E-state index in [1.807, 2.05) is 18.2 Å². The van der Waals surface area contributed by atoms with Gasteiger partial charge >= 0.3 is 23.2 Å². The smallest absolute Gasteiger partial charge is 0.347 e. The summed E-state index contributed by atoms with van der Waals surface area (Å²) < 4.78 is 9.73. The van der Waals surface area contributed by atoms with Crippen LogP contribution in [-0.4, -0.2) is 11.9 Å². The van der Waals surface area contributed by atoms with E-state index in [0.29, 0.717) is 21.9 Å². The van der Waals surface area contributed by atoms with Gasteiger partial charge in [-0.15, -0.1) is 0 Å². The molecule has 1 aliphatic heterocycles. The molecule has 1 aliphatic rings. The van der Waals surface area contributed by atoms with Crippen molar-refractivity contribution in [3.8, 4) is 0 Å². The van der Waals surface area contributed by atoms with Crippen molar-refractivity contribution in [1.82, 2.24) is 0 Å². The molecule has 0 saturated carbocycles. The van der Waals surface area contributed by atoms with Crippen LogP contribution in [0.2, 0.25) is 0 Å². The summed E-state index contributed by atoms with van der Waals surface area (Å²) in [6.45, 7) is 0. The molecule has 140 valence electrons. The zero-order valence-corrected chi connectivity index (χ0v) is 15.1. The van der Waals surface area contributed by atoms with Gasteiger partial charge in [0, 0.05) is 5.39 Å². The molecule has 0 amide bonds. The average Bonchev–Trinajstić information content (AvgIpc) is 3.03. The van der Waals surface area contributed by atoms with Crippen LogP contribution in [0.3, 0.4) is 0 Å². The van der Waals surface area contributed by atoms with E-state index >= 15 is 0 Å². The Labute approximate surface area is 165 Å². The second-order valence-corrected chi connectivity index (χ2v) is 7.50. The average molecular weight is 392 g/mol. The Hall–Kier alpha value is -4.32. The van der Waals surface area contributed by atoms with Gasteiger partial charge in [0.2, 0.25) is 0 Å². The van der Waals surface area contributed by atoms with Crippen LogP contribution in [0.1, 0.15) is 20.7 Å². The number of hydrogen-bond donors (Lipinski definition) is 0. The van der Waals surface area contributed by atoms with Crippen molar-refractivity contribution >= 4 is 65.8 Å². The molecular formula is C24H8O6. The second-order valence-electron chi connectivity index (χ2n) is 7.50. The highest BCUT2D eigenvalue weighted by molar-refractivity contribution is 6.39. The summed E-state index contributed by atoms with van der Waals surface area (Å²) in [6.07, 6.45) is 0. The highest BCUT2D eigenvalue weighted by Crippen LogP contribution is 2.44. The van der Waals surface area contributed by atoms with Gasteiger partial charge in [0.05, 0.1) is 21.9 Å². The quantitative estimate of drug-likeness (QED) is 0.168. The monoisotopic (exact) mass is 392 g/mol. The highest BCUT2D eigenvalue weighted by atomic mass is 16.6. The first-order valence-electron chi connectivity index (χ1n) is 9.28. The molecule has 0 fully saturated rings. The van der Waals surface area contributed by atoms with Crippen molar-refractivity contribution in [1.29, 1.82) is 0 Å². The number of furan rings is 1. The Morgan fingerprint density at radius 3 is 1.87 bits per heavy atom. The lowest BCUT2D eigenvalue weighted by molar-refractivity contribution is 0.0391. The van der Waals surface area contributed by atoms with Crippen LogP contribution in [0, 0.1) is 0 Å². The maximum Gasteiger partial charge on any atom is 0.347 e. The van der Waals surface area contributed by atoms with Gasteiger partial charge in [-0.25, -0.2) is 19.2 Å². The molecule has 6 nitrogen and oxygen atoms in total. The molecule has 2 heterocycles. The van der Waals surface area contributed by atoms with Gasteiger partial charge < -0.3 is 9.15 Å². The van der Waals surface area contributed by atoms with Crippen molar-refractivity contribution < 1.29 is 18.7 Å². The molecule has 1 aromatic heterocycles. The van der Waals surface area contributed by atoms with Crippen molar-refractivity contribution in [2.75, 3.05) is 0 Å². The zero-order valence-electron chi connectivity index (χ0n) is 15.1. The largest absolute Gasteiger partial charge is 0.386 e. The number of carbonyl (C=O) groups excluding carboxylic acids is 2. The van der Waals surface area contributed by atoms with Crippen LogP contribution in [0.15, 0.2) is 62.5 Å². The number of esters is 2. The first kappa shape index (κ1) is 15.6. The maximum absolute atomic E-state index is 12.3. The fourth-order valence-corrected chi connectivity index (χ4v) is 4.97. The fourth-order valence-electron chi connectivity index (χ4n) is 4.97. The van der Waals surface area contributed by atoms with Gasteiger partial charge in [-0.3, -0.25) is 0 Å². The minimum Gasteiger partial charge on any atom is -0.386 e. The lowest BCUT2D eigenvalue weighted by atomic mass is 9.85. The maximum atomic E-state index is 12.3. The Morgan fingerprint density at radius 2 is 1.13 bits per heavy atom. The van der Waals surface area contributed by atoms with Crippen molar-refractivity contribution in [3.63, 3.8) is 0 Å². The molecule has 7 rings (SSSR count). The van der Waals surface area contributed by atoms with Crippen LogP contribution >= 0.6 is 0 Å². The molecule has 6 aromatic rings. The Kier molecular flexibility index (Phi) is 2.50. The summed E-state index contributed by atoms with van der Waals surface area (Å²) in [4.78, 5) is 49.3. The second kappa shape index (κ2) is 4.80. The number of ether oxygens (including phenoxy) is 1. The topological polar surface area (TPSA) is 90.7 Å². The van der Waals surface area contributed by atoms with Crippen LogP contribution < -0.4 is 11.3 Å². The van der Waals surface area contributed by atoms with Crippen LogP contribution in [-0.2, 0) is 4.74 Å². The minimum absolute atomic E-state index is 0.221. The third kappa shape index (κ3) is 1.58. The summed E-state index contributed by atoms with van der Waals surface area (Å²) in [5.41, 5.74) is -0.665. The Balaban J connectivity index is 1.90. The van der Waals surface area contributed by atoms with Gasteiger partial charge in [0.1, 0.15) is 0 Å². The van der Waals surface area contributed by atoms with Gasteiger partial charge in [-0.2, -0.15) is 0 Å². The van der Waals surface area contributed by atoms with E-state index in [1.54, 1.807) is 30.3 Å². The number of cyclic esters (lactones) is 2. The van der Waals surface area contributed by atoms with E-state index in [-0.39, 0.29) is 10.8 Å². The summed E-state index contributed by atoms with van der Waals surface area (Å²) in [5.74, 6) is -1.35. The minimum atomic E-state index is -0.677. The van der Waals surface area contributed by atoms with E-state index in [9.17, 15) is 19.2 Å². The van der Waals surface area contributed by atoms with Gasteiger partial charge in [-0.1, -0.05) is 30.3 Å². The molecule has 0 radical (unpaired) electrons. The molecule has 0 unspecified atom stereocenters. The molecule has 0 spiro atoms. The summed E-state index contributed by atoms with van der Waals surface area (Å²) in [6, 6.07) is 14.1. The number of benzene rings is 5. The number of carbonyl (C=O) groups is 2. The number of fused-ring (bicyclic) bond motifs is 4. The summed E-state index contributed by atoms with van der Waals surface area (Å²) >= 11 is 0. The molecule has 0 atom stereocenters. The Bertz CT molecular complexity index is 1870. The zero-order chi connectivity index (χ0) is 20.3. The first-order chi connectivity index (χ1) is 14.5. The molecule has 0 saturated heterocycles. The lowest BCUT2D eigenvalue weighted by Crippen LogP contribution is -2.19. The third-order valence-corrected chi connectivity index (χ3v) is 6.14. The molecular weight excluding hydrogens is 384 g/mol. The summed E-state index contributed by atoms with van der Waals surface area (Å²) in [7, 11) is 0.